The smallest absolute Gasteiger partial charge is 0.241 e. The first-order valence-corrected chi connectivity index (χ1v) is 8.60. The monoisotopic (exact) mass is 318 g/mol. The van der Waals surface area contributed by atoms with E-state index in [2.05, 4.69) is 24.4 Å². The van der Waals surface area contributed by atoms with E-state index in [1.165, 1.54) is 5.56 Å². The summed E-state index contributed by atoms with van der Waals surface area (Å²) < 4.78 is 5.71. The molecule has 23 heavy (non-hydrogen) atoms. The molecule has 2 rings (SSSR count). The Hall–Kier alpha value is -1.39. The Morgan fingerprint density at radius 1 is 1.35 bits per heavy atom. The van der Waals surface area contributed by atoms with E-state index < -0.39 is 5.54 Å². The lowest BCUT2D eigenvalue weighted by Gasteiger charge is -2.57. The lowest BCUT2D eigenvalue weighted by molar-refractivity contribution is -0.171. The van der Waals surface area contributed by atoms with Gasteiger partial charge in [0.25, 0.3) is 0 Å². The maximum absolute atomic E-state index is 12.8. The van der Waals surface area contributed by atoms with Crippen molar-refractivity contribution in [1.82, 2.24) is 5.32 Å². The molecule has 3 N–H and O–H groups in total. The number of carbonyl (C=O) groups excluding carboxylic acids is 1. The summed E-state index contributed by atoms with van der Waals surface area (Å²) in [6.07, 6.45) is 2.35. The third kappa shape index (κ3) is 3.43. The fraction of sp³-hybridized carbons (Fsp3) is 0.632. The molecule has 1 saturated carbocycles. The highest BCUT2D eigenvalue weighted by atomic mass is 16.5. The van der Waals surface area contributed by atoms with Crippen molar-refractivity contribution in [2.75, 3.05) is 6.61 Å². The quantitative estimate of drug-likeness (QED) is 0.812. The number of amides is 1. The van der Waals surface area contributed by atoms with Crippen LogP contribution in [0.25, 0.3) is 0 Å². The van der Waals surface area contributed by atoms with Crippen molar-refractivity contribution in [3.63, 3.8) is 0 Å². The van der Waals surface area contributed by atoms with Gasteiger partial charge in [0.1, 0.15) is 5.54 Å². The lowest BCUT2D eigenvalue weighted by atomic mass is 9.54. The minimum Gasteiger partial charge on any atom is -0.378 e. The number of hydrogen-bond acceptors (Lipinski definition) is 3. The molecular formula is C19H30N2O2. The van der Waals surface area contributed by atoms with Gasteiger partial charge in [0.15, 0.2) is 0 Å². The molecule has 0 radical (unpaired) electrons. The van der Waals surface area contributed by atoms with Gasteiger partial charge in [0.05, 0.1) is 6.10 Å². The number of carbonyl (C=O) groups is 1. The van der Waals surface area contributed by atoms with Gasteiger partial charge in [-0.1, -0.05) is 51.1 Å². The molecule has 1 aromatic carbocycles. The molecule has 0 bridgehead atoms. The van der Waals surface area contributed by atoms with Crippen molar-refractivity contribution in [3.05, 3.63) is 35.9 Å². The molecule has 1 aliphatic carbocycles. The molecule has 1 amide bonds. The fourth-order valence-electron chi connectivity index (χ4n) is 3.33. The van der Waals surface area contributed by atoms with E-state index in [-0.39, 0.29) is 23.5 Å². The molecule has 128 valence electrons. The van der Waals surface area contributed by atoms with Crippen LogP contribution in [0.1, 0.15) is 46.1 Å². The van der Waals surface area contributed by atoms with Crippen LogP contribution in [0, 0.1) is 5.41 Å². The van der Waals surface area contributed by atoms with Crippen LogP contribution in [0.4, 0.5) is 0 Å². The molecule has 1 aromatic rings. The summed E-state index contributed by atoms with van der Waals surface area (Å²) in [5.74, 6) is -0.0544. The van der Waals surface area contributed by atoms with E-state index in [1.807, 2.05) is 39.0 Å². The third-order valence-electron chi connectivity index (χ3n) is 5.39. The molecule has 0 spiro atoms. The zero-order valence-electron chi connectivity index (χ0n) is 14.8. The minimum absolute atomic E-state index is 0.0532. The van der Waals surface area contributed by atoms with E-state index in [0.717, 1.165) is 12.8 Å². The summed E-state index contributed by atoms with van der Waals surface area (Å²) in [5.41, 5.74) is 6.48. The molecule has 1 aliphatic rings. The molecule has 4 nitrogen and oxygen atoms in total. The van der Waals surface area contributed by atoms with Crippen molar-refractivity contribution in [2.24, 2.45) is 11.1 Å². The van der Waals surface area contributed by atoms with Crippen LogP contribution in [0.3, 0.4) is 0 Å². The van der Waals surface area contributed by atoms with Crippen molar-refractivity contribution in [1.29, 1.82) is 0 Å². The maximum atomic E-state index is 12.8. The summed E-state index contributed by atoms with van der Waals surface area (Å²) >= 11 is 0. The molecule has 0 aliphatic heterocycles. The topological polar surface area (TPSA) is 64.3 Å². The van der Waals surface area contributed by atoms with Gasteiger partial charge in [0, 0.05) is 24.5 Å². The minimum atomic E-state index is -0.850. The maximum Gasteiger partial charge on any atom is 0.241 e. The number of hydrogen-bond donors (Lipinski definition) is 2. The molecule has 0 saturated heterocycles. The average molecular weight is 318 g/mol. The Morgan fingerprint density at radius 2 is 2.00 bits per heavy atom. The second-order valence-electron chi connectivity index (χ2n) is 7.11. The van der Waals surface area contributed by atoms with E-state index in [0.29, 0.717) is 13.0 Å². The van der Waals surface area contributed by atoms with Crippen LogP contribution in [0.2, 0.25) is 0 Å². The largest absolute Gasteiger partial charge is 0.378 e. The normalized spacial score (nSPS) is 27.1. The highest BCUT2D eigenvalue weighted by Crippen LogP contribution is 2.49. The first kappa shape index (κ1) is 18.0. The van der Waals surface area contributed by atoms with Gasteiger partial charge >= 0.3 is 0 Å². The van der Waals surface area contributed by atoms with Crippen molar-refractivity contribution >= 4 is 5.91 Å². The van der Waals surface area contributed by atoms with Crippen LogP contribution < -0.4 is 11.1 Å². The van der Waals surface area contributed by atoms with Gasteiger partial charge in [-0.05, 0) is 25.3 Å². The second kappa shape index (κ2) is 7.02. The Kier molecular flexibility index (Phi) is 5.48. The Bertz CT molecular complexity index is 529. The molecule has 1 fully saturated rings. The van der Waals surface area contributed by atoms with Gasteiger partial charge in [-0.3, -0.25) is 4.79 Å². The fourth-order valence-corrected chi connectivity index (χ4v) is 3.33. The van der Waals surface area contributed by atoms with E-state index in [4.69, 9.17) is 10.5 Å². The van der Waals surface area contributed by atoms with E-state index in [9.17, 15) is 4.79 Å². The second-order valence-corrected chi connectivity index (χ2v) is 7.11. The van der Waals surface area contributed by atoms with Gasteiger partial charge in [0.2, 0.25) is 5.91 Å². The van der Waals surface area contributed by atoms with Gasteiger partial charge < -0.3 is 15.8 Å². The number of nitrogens with one attached hydrogen (secondary N) is 1. The molecule has 0 aromatic heterocycles. The third-order valence-corrected chi connectivity index (χ3v) is 5.39. The summed E-state index contributed by atoms with van der Waals surface area (Å²) in [5, 5.41) is 3.16. The Balaban J connectivity index is 2.00. The van der Waals surface area contributed by atoms with Crippen molar-refractivity contribution < 1.29 is 9.53 Å². The van der Waals surface area contributed by atoms with Gasteiger partial charge in [-0.2, -0.15) is 0 Å². The zero-order chi connectivity index (χ0) is 17.1. The standard InChI is InChI=1S/C19H30N2O2/c1-5-15(12-14-10-8-7-9-11-14)21-17(22)19(20)13-16(23-6-2)18(19,3)4/h7-11,15-16H,5-6,12-13,20H2,1-4H3,(H,21,22). The van der Waals surface area contributed by atoms with Crippen LogP contribution in [0.15, 0.2) is 30.3 Å². The van der Waals surface area contributed by atoms with Crippen LogP contribution in [-0.4, -0.2) is 30.2 Å². The average Bonchev–Trinajstić information content (AvgIpc) is 2.54. The molecular weight excluding hydrogens is 288 g/mol. The highest BCUT2D eigenvalue weighted by Gasteiger charge is 2.62. The van der Waals surface area contributed by atoms with Crippen molar-refractivity contribution in [2.45, 2.75) is 64.6 Å². The van der Waals surface area contributed by atoms with Crippen molar-refractivity contribution in [3.8, 4) is 0 Å². The first-order valence-electron chi connectivity index (χ1n) is 8.60. The summed E-state index contributed by atoms with van der Waals surface area (Å²) in [7, 11) is 0. The summed E-state index contributed by atoms with van der Waals surface area (Å²) in [4.78, 5) is 12.8. The predicted octanol–water partition coefficient (Wildman–Crippen LogP) is 2.66. The van der Waals surface area contributed by atoms with Gasteiger partial charge in [-0.15, -0.1) is 0 Å². The van der Waals surface area contributed by atoms with Crippen LogP contribution in [-0.2, 0) is 16.0 Å². The molecule has 0 heterocycles. The SMILES string of the molecule is CCOC1CC(N)(C(=O)NC(CC)Cc2ccccc2)C1(C)C. The molecule has 3 unspecified atom stereocenters. The van der Waals surface area contributed by atoms with E-state index in [1.54, 1.807) is 0 Å². The molecule has 3 atom stereocenters. The Labute approximate surface area is 139 Å². The molecule has 4 heteroatoms. The summed E-state index contributed by atoms with van der Waals surface area (Å²) in [6, 6.07) is 10.3. The van der Waals surface area contributed by atoms with E-state index >= 15 is 0 Å². The van der Waals surface area contributed by atoms with Crippen LogP contribution >= 0.6 is 0 Å². The number of benzene rings is 1. The number of rotatable bonds is 7. The zero-order valence-corrected chi connectivity index (χ0v) is 14.8. The highest BCUT2D eigenvalue weighted by molar-refractivity contribution is 5.89. The predicted molar refractivity (Wildman–Crippen MR) is 93.1 cm³/mol. The number of nitrogens with two attached hydrogens (primary N) is 1. The van der Waals surface area contributed by atoms with Gasteiger partial charge in [-0.25, -0.2) is 0 Å². The first-order chi connectivity index (χ1) is 10.8. The lowest BCUT2D eigenvalue weighted by Crippen LogP contribution is -2.76. The van der Waals surface area contributed by atoms with Crippen LogP contribution in [0.5, 0.6) is 0 Å². The summed E-state index contributed by atoms with van der Waals surface area (Å²) in [6.45, 7) is 8.76. The Morgan fingerprint density at radius 3 is 2.52 bits per heavy atom. The number of ether oxygens (including phenoxy) is 1.